The number of carbonyl (C=O) groups is 1. The van der Waals surface area contributed by atoms with Crippen LogP contribution in [0.2, 0.25) is 0 Å². The van der Waals surface area contributed by atoms with Crippen molar-refractivity contribution < 1.29 is 4.79 Å². The first-order chi connectivity index (χ1) is 7.26. The second-order valence-corrected chi connectivity index (χ2v) is 3.44. The van der Waals surface area contributed by atoms with Gasteiger partial charge in [0, 0.05) is 23.6 Å². The number of amides is 1. The molecule has 0 aromatic heterocycles. The lowest BCUT2D eigenvalue weighted by Gasteiger charge is -2.04. The van der Waals surface area contributed by atoms with Crippen LogP contribution in [0.15, 0.2) is 24.3 Å². The maximum atomic E-state index is 11.3. The third kappa shape index (κ3) is 4.05. The van der Waals surface area contributed by atoms with Crippen molar-refractivity contribution in [2.45, 2.75) is 12.8 Å². The van der Waals surface area contributed by atoms with E-state index in [2.05, 4.69) is 11.2 Å². The van der Waals surface area contributed by atoms with Crippen molar-refractivity contribution in [3.05, 3.63) is 29.8 Å². The standard InChI is InChI=1S/C12H12ClNO/c1-2-10-5-7-11(8-6-10)14-12(15)4-3-9-13/h1,5-8H,3-4,9H2,(H,14,15). The van der Waals surface area contributed by atoms with Crippen molar-refractivity contribution >= 4 is 23.2 Å². The molecule has 1 N–H and O–H groups in total. The fourth-order valence-electron chi connectivity index (χ4n) is 1.10. The minimum absolute atomic E-state index is 0.0240. The monoisotopic (exact) mass is 221 g/mol. The molecule has 0 bridgehead atoms. The number of hydrogen-bond acceptors (Lipinski definition) is 1. The van der Waals surface area contributed by atoms with Crippen LogP contribution in [0.1, 0.15) is 18.4 Å². The van der Waals surface area contributed by atoms with E-state index in [0.717, 1.165) is 11.3 Å². The fraction of sp³-hybridized carbons (Fsp3) is 0.250. The maximum Gasteiger partial charge on any atom is 0.224 e. The average molecular weight is 222 g/mol. The van der Waals surface area contributed by atoms with Crippen LogP contribution in [0.3, 0.4) is 0 Å². The summed E-state index contributed by atoms with van der Waals surface area (Å²) in [6.07, 6.45) is 6.35. The van der Waals surface area contributed by atoms with Crippen LogP contribution in [-0.4, -0.2) is 11.8 Å². The number of anilines is 1. The van der Waals surface area contributed by atoms with Gasteiger partial charge in [0.1, 0.15) is 0 Å². The molecule has 0 saturated carbocycles. The lowest BCUT2D eigenvalue weighted by Crippen LogP contribution is -2.11. The predicted molar refractivity (Wildman–Crippen MR) is 63.0 cm³/mol. The van der Waals surface area contributed by atoms with Gasteiger partial charge in [0.05, 0.1) is 0 Å². The van der Waals surface area contributed by atoms with Gasteiger partial charge in [-0.05, 0) is 30.7 Å². The lowest BCUT2D eigenvalue weighted by atomic mass is 10.2. The molecular formula is C12H12ClNO. The Hall–Kier alpha value is -1.46. The maximum absolute atomic E-state index is 11.3. The number of rotatable bonds is 4. The van der Waals surface area contributed by atoms with Crippen LogP contribution in [-0.2, 0) is 4.79 Å². The van der Waals surface area contributed by atoms with E-state index >= 15 is 0 Å². The Morgan fingerprint density at radius 1 is 1.40 bits per heavy atom. The van der Waals surface area contributed by atoms with Crippen molar-refractivity contribution in [3.8, 4) is 12.3 Å². The SMILES string of the molecule is C#Cc1ccc(NC(=O)CCCCl)cc1. The van der Waals surface area contributed by atoms with Gasteiger partial charge >= 0.3 is 0 Å². The average Bonchev–Trinajstić information content (AvgIpc) is 2.27. The first-order valence-electron chi connectivity index (χ1n) is 4.68. The van der Waals surface area contributed by atoms with Gasteiger partial charge < -0.3 is 5.32 Å². The predicted octanol–water partition coefficient (Wildman–Crippen LogP) is 2.63. The smallest absolute Gasteiger partial charge is 0.224 e. The van der Waals surface area contributed by atoms with Gasteiger partial charge in [-0.15, -0.1) is 18.0 Å². The van der Waals surface area contributed by atoms with Crippen molar-refractivity contribution in [2.24, 2.45) is 0 Å². The van der Waals surface area contributed by atoms with E-state index in [9.17, 15) is 4.79 Å². The quantitative estimate of drug-likeness (QED) is 0.615. The molecule has 0 unspecified atom stereocenters. The van der Waals surface area contributed by atoms with E-state index in [1.807, 2.05) is 0 Å². The zero-order chi connectivity index (χ0) is 11.1. The van der Waals surface area contributed by atoms with E-state index in [-0.39, 0.29) is 5.91 Å². The highest BCUT2D eigenvalue weighted by atomic mass is 35.5. The molecule has 0 heterocycles. The summed E-state index contributed by atoms with van der Waals surface area (Å²) in [7, 11) is 0. The number of terminal acetylenes is 1. The van der Waals surface area contributed by atoms with E-state index < -0.39 is 0 Å². The van der Waals surface area contributed by atoms with Gasteiger partial charge in [-0.1, -0.05) is 5.92 Å². The van der Waals surface area contributed by atoms with E-state index in [1.165, 1.54) is 0 Å². The number of halogens is 1. The van der Waals surface area contributed by atoms with Crippen molar-refractivity contribution in [2.75, 3.05) is 11.2 Å². The summed E-state index contributed by atoms with van der Waals surface area (Å²) < 4.78 is 0. The lowest BCUT2D eigenvalue weighted by molar-refractivity contribution is -0.116. The minimum Gasteiger partial charge on any atom is -0.326 e. The summed E-state index contributed by atoms with van der Waals surface area (Å²) in [5.41, 5.74) is 1.56. The van der Waals surface area contributed by atoms with Gasteiger partial charge in [-0.3, -0.25) is 4.79 Å². The largest absolute Gasteiger partial charge is 0.326 e. The molecule has 0 aliphatic carbocycles. The number of hydrogen-bond donors (Lipinski definition) is 1. The summed E-state index contributed by atoms with van der Waals surface area (Å²) in [5, 5.41) is 2.76. The number of nitrogens with one attached hydrogen (secondary N) is 1. The molecule has 0 aliphatic heterocycles. The van der Waals surface area contributed by atoms with Crippen LogP contribution in [0.25, 0.3) is 0 Å². The van der Waals surface area contributed by atoms with Crippen molar-refractivity contribution in [1.82, 2.24) is 0 Å². The molecule has 0 spiro atoms. The van der Waals surface area contributed by atoms with Crippen LogP contribution in [0.5, 0.6) is 0 Å². The van der Waals surface area contributed by atoms with Gasteiger partial charge in [0.25, 0.3) is 0 Å². The Labute approximate surface area is 94.6 Å². The normalized spacial score (nSPS) is 9.33. The number of alkyl halides is 1. The molecule has 2 nitrogen and oxygen atoms in total. The molecule has 78 valence electrons. The summed E-state index contributed by atoms with van der Waals surface area (Å²) >= 11 is 5.49. The molecule has 1 rings (SSSR count). The van der Waals surface area contributed by atoms with E-state index in [1.54, 1.807) is 24.3 Å². The zero-order valence-electron chi connectivity index (χ0n) is 8.29. The molecule has 15 heavy (non-hydrogen) atoms. The molecule has 0 fully saturated rings. The molecule has 0 atom stereocenters. The Bertz CT molecular complexity index is 364. The third-order valence-electron chi connectivity index (χ3n) is 1.87. The molecule has 1 aromatic carbocycles. The Balaban J connectivity index is 2.50. The first-order valence-corrected chi connectivity index (χ1v) is 5.22. The molecule has 3 heteroatoms. The zero-order valence-corrected chi connectivity index (χ0v) is 9.05. The van der Waals surface area contributed by atoms with Crippen LogP contribution < -0.4 is 5.32 Å². The Morgan fingerprint density at radius 2 is 2.07 bits per heavy atom. The first kappa shape index (κ1) is 11.6. The Morgan fingerprint density at radius 3 is 2.60 bits per heavy atom. The van der Waals surface area contributed by atoms with Crippen LogP contribution in [0.4, 0.5) is 5.69 Å². The summed E-state index contributed by atoms with van der Waals surface area (Å²) in [6.45, 7) is 0. The number of carbonyl (C=O) groups excluding carboxylic acids is 1. The fourth-order valence-corrected chi connectivity index (χ4v) is 1.23. The Kier molecular flexibility index (Phi) is 4.73. The highest BCUT2D eigenvalue weighted by molar-refractivity contribution is 6.18. The molecular weight excluding hydrogens is 210 g/mol. The van der Waals surface area contributed by atoms with Crippen LogP contribution in [0, 0.1) is 12.3 Å². The second-order valence-electron chi connectivity index (χ2n) is 3.06. The van der Waals surface area contributed by atoms with E-state index in [4.69, 9.17) is 18.0 Å². The summed E-state index contributed by atoms with van der Waals surface area (Å²) in [6, 6.07) is 7.15. The van der Waals surface area contributed by atoms with Crippen molar-refractivity contribution in [3.63, 3.8) is 0 Å². The molecule has 0 saturated heterocycles. The third-order valence-corrected chi connectivity index (χ3v) is 2.14. The van der Waals surface area contributed by atoms with Crippen LogP contribution >= 0.6 is 11.6 Å². The van der Waals surface area contributed by atoms with Gasteiger partial charge in [-0.2, -0.15) is 0 Å². The molecule has 1 aromatic rings. The highest BCUT2D eigenvalue weighted by Gasteiger charge is 2.00. The minimum atomic E-state index is -0.0240. The highest BCUT2D eigenvalue weighted by Crippen LogP contribution is 2.09. The van der Waals surface area contributed by atoms with Gasteiger partial charge in [0.15, 0.2) is 0 Å². The molecule has 0 radical (unpaired) electrons. The van der Waals surface area contributed by atoms with Gasteiger partial charge in [0.2, 0.25) is 5.91 Å². The molecule has 0 aliphatic rings. The summed E-state index contributed by atoms with van der Waals surface area (Å²) in [5.74, 6) is 2.99. The summed E-state index contributed by atoms with van der Waals surface area (Å²) in [4.78, 5) is 11.3. The van der Waals surface area contributed by atoms with E-state index in [0.29, 0.717) is 18.7 Å². The van der Waals surface area contributed by atoms with Crippen molar-refractivity contribution in [1.29, 1.82) is 0 Å². The topological polar surface area (TPSA) is 29.1 Å². The van der Waals surface area contributed by atoms with Gasteiger partial charge in [-0.25, -0.2) is 0 Å². The second kappa shape index (κ2) is 6.10. The number of benzene rings is 1. The molecule has 1 amide bonds.